The van der Waals surface area contributed by atoms with Crippen LogP contribution in [0.25, 0.3) is 16.6 Å². The molecule has 1 amide bonds. The van der Waals surface area contributed by atoms with Crippen LogP contribution in [0.2, 0.25) is 0 Å². The molecule has 0 unspecified atom stereocenters. The number of fused-ring (bicyclic) bond motifs is 3. The molecule has 0 aliphatic carbocycles. The van der Waals surface area contributed by atoms with Crippen molar-refractivity contribution in [3.63, 3.8) is 0 Å². The third-order valence-electron chi connectivity index (χ3n) is 6.78. The van der Waals surface area contributed by atoms with Crippen LogP contribution in [-0.4, -0.2) is 50.6 Å². The monoisotopic (exact) mass is 438 g/mol. The van der Waals surface area contributed by atoms with Crippen LogP contribution in [0.15, 0.2) is 55.0 Å². The molecule has 0 atom stereocenters. The topological polar surface area (TPSA) is 65.8 Å². The predicted molar refractivity (Wildman–Crippen MR) is 128 cm³/mol. The van der Waals surface area contributed by atoms with E-state index >= 15 is 0 Å². The molecule has 2 aliphatic heterocycles. The van der Waals surface area contributed by atoms with E-state index in [-0.39, 0.29) is 5.91 Å². The second-order valence-corrected chi connectivity index (χ2v) is 9.07. The van der Waals surface area contributed by atoms with E-state index in [1.54, 1.807) is 5.01 Å². The molecule has 0 fully saturated rings. The average molecular weight is 439 g/mol. The third kappa shape index (κ3) is 3.45. The van der Waals surface area contributed by atoms with Gasteiger partial charge in [0.1, 0.15) is 5.82 Å². The van der Waals surface area contributed by atoms with Gasteiger partial charge in [-0.3, -0.25) is 10.2 Å². The smallest absolute Gasteiger partial charge is 0.272 e. The summed E-state index contributed by atoms with van der Waals surface area (Å²) in [5, 5.41) is 6.20. The Morgan fingerprint density at radius 3 is 2.67 bits per heavy atom. The van der Waals surface area contributed by atoms with Gasteiger partial charge in [-0.05, 0) is 72.8 Å². The number of rotatable bonds is 3. The SMILES string of the molecule is Cc1ccc2c(-c3cccc4c3CN(Nc3cc5c(cn3)CCN(C)CC5)C4=O)cnn2c1. The zero-order chi connectivity index (χ0) is 22.5. The minimum atomic E-state index is -0.0318. The first-order valence-corrected chi connectivity index (χ1v) is 11.4. The van der Waals surface area contributed by atoms with E-state index in [4.69, 9.17) is 0 Å². The number of aromatic nitrogens is 3. The number of hydrogen-bond acceptors (Lipinski definition) is 5. The zero-order valence-electron chi connectivity index (χ0n) is 18.9. The lowest BCUT2D eigenvalue weighted by molar-refractivity contribution is 0.0814. The Kier molecular flexibility index (Phi) is 4.66. The third-order valence-corrected chi connectivity index (χ3v) is 6.78. The maximum Gasteiger partial charge on any atom is 0.272 e. The predicted octanol–water partition coefficient (Wildman–Crippen LogP) is 3.72. The van der Waals surface area contributed by atoms with E-state index in [1.165, 1.54) is 11.1 Å². The largest absolute Gasteiger partial charge is 0.306 e. The molecule has 166 valence electrons. The number of pyridine rings is 2. The number of carbonyl (C=O) groups is 1. The van der Waals surface area contributed by atoms with Crippen molar-refractivity contribution in [2.24, 2.45) is 0 Å². The maximum atomic E-state index is 13.2. The first kappa shape index (κ1) is 19.9. The van der Waals surface area contributed by atoms with Gasteiger partial charge in [0.25, 0.3) is 5.91 Å². The Balaban J connectivity index is 1.30. The molecule has 7 heteroatoms. The molecule has 2 aliphatic rings. The quantitative estimate of drug-likeness (QED) is 0.528. The van der Waals surface area contributed by atoms with Gasteiger partial charge in [-0.15, -0.1) is 0 Å². The number of carbonyl (C=O) groups excluding carboxylic acids is 1. The van der Waals surface area contributed by atoms with Crippen LogP contribution in [0, 0.1) is 6.92 Å². The lowest BCUT2D eigenvalue weighted by Crippen LogP contribution is -2.30. The highest BCUT2D eigenvalue weighted by Gasteiger charge is 2.31. The Bertz CT molecular complexity index is 1390. The highest BCUT2D eigenvalue weighted by Crippen LogP contribution is 2.35. The normalized spacial score (nSPS) is 16.1. The van der Waals surface area contributed by atoms with Crippen molar-refractivity contribution in [1.29, 1.82) is 0 Å². The number of nitrogens with zero attached hydrogens (tertiary/aromatic N) is 5. The van der Waals surface area contributed by atoms with E-state index in [0.717, 1.165) is 59.3 Å². The van der Waals surface area contributed by atoms with Crippen LogP contribution in [0.1, 0.15) is 32.6 Å². The van der Waals surface area contributed by atoms with Gasteiger partial charge in [0.2, 0.25) is 0 Å². The summed E-state index contributed by atoms with van der Waals surface area (Å²) in [5.41, 5.74) is 11.9. The summed E-state index contributed by atoms with van der Waals surface area (Å²) >= 11 is 0. The first-order chi connectivity index (χ1) is 16.1. The molecule has 4 aromatic rings. The number of nitrogens with one attached hydrogen (secondary N) is 1. The van der Waals surface area contributed by atoms with Crippen molar-refractivity contribution in [1.82, 2.24) is 24.5 Å². The fourth-order valence-corrected chi connectivity index (χ4v) is 4.89. The summed E-state index contributed by atoms with van der Waals surface area (Å²) in [6.45, 7) is 4.62. The second kappa shape index (κ2) is 7.71. The van der Waals surface area contributed by atoms with Crippen LogP contribution in [0.5, 0.6) is 0 Å². The van der Waals surface area contributed by atoms with Gasteiger partial charge >= 0.3 is 0 Å². The van der Waals surface area contributed by atoms with Gasteiger partial charge in [-0.25, -0.2) is 14.5 Å². The summed E-state index contributed by atoms with van der Waals surface area (Å²) in [7, 11) is 2.15. The van der Waals surface area contributed by atoms with Crippen LogP contribution >= 0.6 is 0 Å². The highest BCUT2D eigenvalue weighted by molar-refractivity contribution is 6.02. The minimum absolute atomic E-state index is 0.0318. The number of hydrazine groups is 1. The van der Waals surface area contributed by atoms with E-state index in [0.29, 0.717) is 12.4 Å². The van der Waals surface area contributed by atoms with Crippen molar-refractivity contribution in [3.8, 4) is 11.1 Å². The van der Waals surface area contributed by atoms with Gasteiger partial charge in [-0.1, -0.05) is 18.2 Å². The summed E-state index contributed by atoms with van der Waals surface area (Å²) in [4.78, 5) is 20.2. The number of likely N-dealkylation sites (N-methyl/N-ethyl adjacent to an activating group) is 1. The lowest BCUT2D eigenvalue weighted by Gasteiger charge is -2.19. The number of hydrogen-bond donors (Lipinski definition) is 1. The molecule has 0 saturated heterocycles. The zero-order valence-corrected chi connectivity index (χ0v) is 18.9. The van der Waals surface area contributed by atoms with Crippen LogP contribution in [0.4, 0.5) is 5.82 Å². The van der Waals surface area contributed by atoms with E-state index in [2.05, 4.69) is 58.6 Å². The van der Waals surface area contributed by atoms with Gasteiger partial charge < -0.3 is 4.90 Å². The summed E-state index contributed by atoms with van der Waals surface area (Å²) in [6.07, 6.45) is 7.86. The molecule has 5 heterocycles. The maximum absolute atomic E-state index is 13.2. The van der Waals surface area contributed by atoms with Crippen LogP contribution < -0.4 is 5.43 Å². The van der Waals surface area contributed by atoms with Gasteiger partial charge in [0.15, 0.2) is 0 Å². The summed E-state index contributed by atoms with van der Waals surface area (Å²) in [6, 6.07) is 12.2. The average Bonchev–Trinajstić information content (AvgIpc) is 3.31. The van der Waals surface area contributed by atoms with E-state index in [1.807, 2.05) is 35.2 Å². The van der Waals surface area contributed by atoms with Crippen molar-refractivity contribution < 1.29 is 4.79 Å². The molecule has 0 bridgehead atoms. The van der Waals surface area contributed by atoms with Gasteiger partial charge in [-0.2, -0.15) is 5.10 Å². The summed E-state index contributed by atoms with van der Waals surface area (Å²) < 4.78 is 1.90. The molecule has 0 saturated carbocycles. The number of amides is 1. The molecule has 6 rings (SSSR count). The van der Waals surface area contributed by atoms with Gasteiger partial charge in [0.05, 0.1) is 18.3 Å². The minimum Gasteiger partial charge on any atom is -0.306 e. The molecule has 7 nitrogen and oxygen atoms in total. The molecule has 33 heavy (non-hydrogen) atoms. The number of aryl methyl sites for hydroxylation is 1. The Morgan fingerprint density at radius 2 is 1.79 bits per heavy atom. The van der Waals surface area contributed by atoms with Crippen molar-refractivity contribution >= 4 is 17.2 Å². The van der Waals surface area contributed by atoms with Crippen LogP contribution in [0.3, 0.4) is 0 Å². The molecule has 1 aromatic carbocycles. The molecule has 3 aromatic heterocycles. The second-order valence-electron chi connectivity index (χ2n) is 9.07. The Labute approximate surface area is 192 Å². The van der Waals surface area contributed by atoms with Crippen molar-refractivity contribution in [2.75, 3.05) is 25.6 Å². The van der Waals surface area contributed by atoms with E-state index < -0.39 is 0 Å². The van der Waals surface area contributed by atoms with Gasteiger partial charge in [0, 0.05) is 36.6 Å². The molecule has 0 spiro atoms. The highest BCUT2D eigenvalue weighted by atomic mass is 16.2. The number of anilines is 1. The fourth-order valence-electron chi connectivity index (χ4n) is 4.89. The van der Waals surface area contributed by atoms with Crippen molar-refractivity contribution in [2.45, 2.75) is 26.3 Å². The Hall–Kier alpha value is -3.71. The standard InChI is InChI=1S/C26H26N6O/c1-17-6-7-24-22(14-28-31(24)15-17)20-4-3-5-21-23(20)16-32(26(21)33)29-25-12-18-8-10-30(2)11-9-19(18)13-27-25/h3-7,12-15H,8-11,16H2,1-2H3,(H,27,29). The molecular weight excluding hydrogens is 412 g/mol. The van der Waals surface area contributed by atoms with Crippen LogP contribution in [-0.2, 0) is 19.4 Å². The number of benzene rings is 1. The molecule has 0 radical (unpaired) electrons. The molecular formula is C26H26N6O. The van der Waals surface area contributed by atoms with Crippen molar-refractivity contribution in [3.05, 3.63) is 82.8 Å². The summed E-state index contributed by atoms with van der Waals surface area (Å²) in [5.74, 6) is 0.683. The Morgan fingerprint density at radius 1 is 0.970 bits per heavy atom. The molecule has 1 N–H and O–H groups in total. The lowest BCUT2D eigenvalue weighted by atomic mass is 9.98. The fraction of sp³-hybridized carbons (Fsp3) is 0.269. The first-order valence-electron chi connectivity index (χ1n) is 11.4. The van der Waals surface area contributed by atoms with E-state index in [9.17, 15) is 4.79 Å².